The molecule has 0 spiro atoms. The van der Waals surface area contributed by atoms with Crippen LogP contribution in [0.2, 0.25) is 0 Å². The minimum absolute atomic E-state index is 0.809. The molecule has 0 aromatic carbocycles. The van der Waals surface area contributed by atoms with Gasteiger partial charge in [-0.05, 0) is 29.4 Å². The van der Waals surface area contributed by atoms with E-state index in [-0.39, 0.29) is 0 Å². The van der Waals surface area contributed by atoms with E-state index in [0.29, 0.717) is 0 Å². The summed E-state index contributed by atoms with van der Waals surface area (Å²) in [4.78, 5) is 0. The highest BCUT2D eigenvalue weighted by atomic mass is 79.9. The van der Waals surface area contributed by atoms with Crippen LogP contribution in [-0.4, -0.2) is 26.1 Å². The summed E-state index contributed by atoms with van der Waals surface area (Å²) < 4.78 is 4.67. The van der Waals surface area contributed by atoms with Gasteiger partial charge in [-0.2, -0.15) is 10.2 Å². The number of hydrogen-bond donors (Lipinski definition) is 1. The lowest BCUT2D eigenvalue weighted by Crippen LogP contribution is -2.15. The van der Waals surface area contributed by atoms with Crippen molar-refractivity contribution in [3.8, 4) is 5.82 Å². The monoisotopic (exact) mass is 297 g/mol. The zero-order valence-corrected chi connectivity index (χ0v) is 11.8. The topological polar surface area (TPSA) is 47.7 Å². The second-order valence-electron chi connectivity index (χ2n) is 3.89. The summed E-state index contributed by atoms with van der Waals surface area (Å²) in [6, 6.07) is 0. The van der Waals surface area contributed by atoms with Crippen molar-refractivity contribution < 1.29 is 0 Å². The van der Waals surface area contributed by atoms with E-state index in [9.17, 15) is 0 Å². The zero-order valence-electron chi connectivity index (χ0n) is 10.2. The normalized spacial score (nSPS) is 11.1. The van der Waals surface area contributed by atoms with E-state index in [0.717, 1.165) is 29.1 Å². The van der Waals surface area contributed by atoms with Crippen LogP contribution < -0.4 is 5.32 Å². The number of rotatable bonds is 4. The predicted octanol–water partition coefficient (Wildman–Crippen LogP) is 1.79. The molecule has 92 valence electrons. The van der Waals surface area contributed by atoms with E-state index in [1.54, 1.807) is 6.20 Å². The van der Waals surface area contributed by atoms with Crippen molar-refractivity contribution in [2.45, 2.75) is 20.4 Å². The van der Waals surface area contributed by atoms with Crippen molar-refractivity contribution in [3.63, 3.8) is 0 Å². The third-order valence-electron chi connectivity index (χ3n) is 2.63. The van der Waals surface area contributed by atoms with Crippen LogP contribution in [0.25, 0.3) is 5.82 Å². The SMILES string of the molecule is CCNCc1c(C)nn(C)c1-n1cc(Br)cn1. The van der Waals surface area contributed by atoms with Gasteiger partial charge in [0, 0.05) is 25.4 Å². The number of hydrogen-bond acceptors (Lipinski definition) is 3. The Morgan fingerprint density at radius 3 is 2.82 bits per heavy atom. The molecule has 0 bridgehead atoms. The molecule has 0 aliphatic heterocycles. The molecule has 0 fully saturated rings. The van der Waals surface area contributed by atoms with Crippen molar-refractivity contribution in [2.75, 3.05) is 6.54 Å². The summed E-state index contributed by atoms with van der Waals surface area (Å²) in [5.74, 6) is 1.01. The molecule has 0 aliphatic carbocycles. The molecular formula is C11H16BrN5. The Morgan fingerprint density at radius 1 is 1.47 bits per heavy atom. The highest BCUT2D eigenvalue weighted by Gasteiger charge is 2.15. The maximum atomic E-state index is 4.45. The second kappa shape index (κ2) is 5.01. The minimum atomic E-state index is 0.809. The van der Waals surface area contributed by atoms with E-state index in [1.807, 2.05) is 29.5 Å². The molecule has 2 heterocycles. The maximum absolute atomic E-state index is 4.45. The molecule has 2 aromatic heterocycles. The number of halogens is 1. The van der Waals surface area contributed by atoms with Gasteiger partial charge >= 0.3 is 0 Å². The Morgan fingerprint density at radius 2 is 2.24 bits per heavy atom. The fourth-order valence-corrected chi connectivity index (χ4v) is 2.14. The first kappa shape index (κ1) is 12.3. The summed E-state index contributed by atoms with van der Waals surface area (Å²) >= 11 is 3.41. The van der Waals surface area contributed by atoms with Gasteiger partial charge in [0.25, 0.3) is 0 Å². The van der Waals surface area contributed by atoms with Gasteiger partial charge in [0.05, 0.1) is 16.4 Å². The summed E-state index contributed by atoms with van der Waals surface area (Å²) in [6.45, 7) is 5.87. The van der Waals surface area contributed by atoms with Crippen LogP contribution in [0, 0.1) is 6.92 Å². The van der Waals surface area contributed by atoms with E-state index >= 15 is 0 Å². The third kappa shape index (κ3) is 2.42. The number of aromatic nitrogens is 4. The highest BCUT2D eigenvalue weighted by molar-refractivity contribution is 9.10. The molecule has 0 amide bonds. The van der Waals surface area contributed by atoms with Crippen LogP contribution in [0.15, 0.2) is 16.9 Å². The van der Waals surface area contributed by atoms with E-state index in [2.05, 4.69) is 38.4 Å². The average molecular weight is 298 g/mol. The zero-order chi connectivity index (χ0) is 12.4. The molecule has 0 unspecified atom stereocenters. The van der Waals surface area contributed by atoms with Crippen molar-refractivity contribution in [3.05, 3.63) is 28.1 Å². The molecule has 0 saturated heterocycles. The third-order valence-corrected chi connectivity index (χ3v) is 3.04. The van der Waals surface area contributed by atoms with Crippen LogP contribution in [0.3, 0.4) is 0 Å². The lowest BCUT2D eigenvalue weighted by atomic mass is 10.2. The molecule has 0 radical (unpaired) electrons. The van der Waals surface area contributed by atoms with Gasteiger partial charge in [0.15, 0.2) is 5.82 Å². The van der Waals surface area contributed by atoms with Gasteiger partial charge in [-0.1, -0.05) is 6.92 Å². The Bertz CT molecular complexity index is 514. The molecule has 0 aliphatic rings. The van der Waals surface area contributed by atoms with Gasteiger partial charge in [-0.15, -0.1) is 0 Å². The molecule has 17 heavy (non-hydrogen) atoms. The van der Waals surface area contributed by atoms with Crippen LogP contribution in [0.5, 0.6) is 0 Å². The number of aryl methyl sites for hydroxylation is 2. The van der Waals surface area contributed by atoms with Gasteiger partial charge in [0.1, 0.15) is 0 Å². The van der Waals surface area contributed by atoms with Gasteiger partial charge in [-0.3, -0.25) is 4.68 Å². The first-order chi connectivity index (χ1) is 8.13. The molecule has 2 rings (SSSR count). The van der Waals surface area contributed by atoms with Crippen LogP contribution in [-0.2, 0) is 13.6 Å². The van der Waals surface area contributed by atoms with E-state index < -0.39 is 0 Å². The first-order valence-corrected chi connectivity index (χ1v) is 6.36. The predicted molar refractivity (Wildman–Crippen MR) is 70.1 cm³/mol. The van der Waals surface area contributed by atoms with Crippen LogP contribution >= 0.6 is 15.9 Å². The number of nitrogens with zero attached hydrogens (tertiary/aromatic N) is 4. The molecule has 0 atom stereocenters. The molecular weight excluding hydrogens is 282 g/mol. The standard InChI is InChI=1S/C11H16BrN5/c1-4-13-6-10-8(2)15-16(3)11(10)17-7-9(12)5-14-17/h5,7,13H,4,6H2,1-3H3. The Kier molecular flexibility index (Phi) is 3.63. The highest BCUT2D eigenvalue weighted by Crippen LogP contribution is 2.19. The van der Waals surface area contributed by atoms with E-state index in [1.165, 1.54) is 5.56 Å². The van der Waals surface area contributed by atoms with Gasteiger partial charge < -0.3 is 5.32 Å². The molecule has 0 saturated carbocycles. The fraction of sp³-hybridized carbons (Fsp3) is 0.455. The van der Waals surface area contributed by atoms with Crippen molar-refractivity contribution >= 4 is 15.9 Å². The summed E-state index contributed by atoms with van der Waals surface area (Å²) in [5.41, 5.74) is 2.22. The summed E-state index contributed by atoms with van der Waals surface area (Å²) in [7, 11) is 1.94. The number of nitrogens with one attached hydrogen (secondary N) is 1. The van der Waals surface area contributed by atoms with Crippen molar-refractivity contribution in [2.24, 2.45) is 7.05 Å². The second-order valence-corrected chi connectivity index (χ2v) is 4.81. The Balaban J connectivity index is 2.44. The smallest absolute Gasteiger partial charge is 0.156 e. The molecule has 5 nitrogen and oxygen atoms in total. The van der Waals surface area contributed by atoms with E-state index in [4.69, 9.17) is 0 Å². The molecule has 1 N–H and O–H groups in total. The van der Waals surface area contributed by atoms with Gasteiger partial charge in [-0.25, -0.2) is 4.68 Å². The lowest BCUT2D eigenvalue weighted by Gasteiger charge is -2.06. The summed E-state index contributed by atoms with van der Waals surface area (Å²) in [5, 5.41) is 12.1. The largest absolute Gasteiger partial charge is 0.313 e. The first-order valence-electron chi connectivity index (χ1n) is 5.57. The van der Waals surface area contributed by atoms with Crippen molar-refractivity contribution in [1.29, 1.82) is 0 Å². The quantitative estimate of drug-likeness (QED) is 0.936. The fourth-order valence-electron chi connectivity index (χ4n) is 1.85. The lowest BCUT2D eigenvalue weighted by molar-refractivity contribution is 0.680. The minimum Gasteiger partial charge on any atom is -0.313 e. The van der Waals surface area contributed by atoms with Gasteiger partial charge in [0.2, 0.25) is 0 Å². The Labute approximate surface area is 109 Å². The molecule has 6 heteroatoms. The van der Waals surface area contributed by atoms with Crippen molar-refractivity contribution in [1.82, 2.24) is 24.9 Å². The van der Waals surface area contributed by atoms with Crippen LogP contribution in [0.4, 0.5) is 0 Å². The Hall–Kier alpha value is -1.14. The molecule has 2 aromatic rings. The average Bonchev–Trinajstić information content (AvgIpc) is 2.80. The summed E-state index contributed by atoms with van der Waals surface area (Å²) in [6.07, 6.45) is 3.71. The van der Waals surface area contributed by atoms with Crippen LogP contribution in [0.1, 0.15) is 18.2 Å². The maximum Gasteiger partial charge on any atom is 0.156 e.